The Kier molecular flexibility index (Phi) is 40.6. The number of ether oxygens (including phenoxy) is 18. The fourth-order valence-electron chi connectivity index (χ4n) is 10.8. The Morgan fingerprint density at radius 1 is 0.248 bits per heavy atom. The molecule has 648 valence electrons. The Morgan fingerprint density at radius 3 is 0.641 bits per heavy atom. The van der Waals surface area contributed by atoms with Crippen molar-refractivity contribution >= 4 is 125 Å². The van der Waals surface area contributed by atoms with Crippen molar-refractivity contribution in [3.8, 4) is 0 Å². The summed E-state index contributed by atoms with van der Waals surface area (Å²) in [6.45, 7) is 3.72. The van der Waals surface area contributed by atoms with Crippen LogP contribution in [0.1, 0.15) is 114 Å². The smallest absolute Gasteiger partial charge is 0.303 e. The predicted octanol–water partition coefficient (Wildman–Crippen LogP) is -7.13. The number of carbonyl (C=O) groups excluding carboxylic acids is 21. The molecule has 3 fully saturated rings. The van der Waals surface area contributed by atoms with E-state index in [1.54, 1.807) is 0 Å². The van der Waals surface area contributed by atoms with Crippen molar-refractivity contribution in [3.05, 3.63) is 34.9 Å². The second-order valence-corrected chi connectivity index (χ2v) is 25.0. The zero-order valence-corrected chi connectivity index (χ0v) is 65.4. The first-order valence-electron chi connectivity index (χ1n) is 35.5. The Balaban J connectivity index is 1.42. The summed E-state index contributed by atoms with van der Waals surface area (Å²) in [6, 6.07) is 2.77. The lowest BCUT2D eigenvalue weighted by molar-refractivity contribution is -0.307. The Hall–Kier alpha value is -12.1. The number of benzene rings is 1. The SMILES string of the molecule is CC(=O)OC[C@H]1O[C@H](OCCNC(=O)CNC(=O)CNC(=O)c2cc(C(=O)NCC(=O)NCC(=O)NCCO[C@H]3O[C@H](COC(C)=O)[C@@H](OC(C)=O)[C@H](OC(C)=O)[C@@H]3OC(C)=O)cc(C(=O)NCC(=O)NCC(=O)NCCO[C@H]3O[C@H](COC(C)=O)[C@@H](OC(C)=O)[C@H](OC(C)=O)[C@@H]3OC(C)=O)c2)[C@@H](OC(C)=O)[C@@H](OC(C)=O)[C@@H]1OC(C)=O. The third-order valence-electron chi connectivity index (χ3n) is 15.3. The highest BCUT2D eigenvalue weighted by molar-refractivity contribution is 6.06. The van der Waals surface area contributed by atoms with Crippen LogP contribution >= 0.6 is 0 Å². The third-order valence-corrected chi connectivity index (χ3v) is 15.3. The Labute approximate surface area is 665 Å². The standard InChI is InChI=1S/C69H93N9O39/c1-31(79)103-28-46-55(106-34(4)82)58(109-37(7)85)61(112-40(10)88)67(115-46)100-16-13-70-49(91)22-73-52(94)25-76-64(97)43-19-44(65(98)77-26-53(95)74-23-50(92)71-14-17-101-68-62(113-41(11)89)59(110-38(8)86)56(107-35(5)83)47(116-68)29-104-32(2)80)21-45(20-43)66(99)78-27-54(96)75-24-51(93)72-15-18-102-69-63(114-42(12)90)60(111-39(9)87)57(108-36(6)84)48(117-69)30-105-33(3)81/h19-21,46-48,55-63,67-69H,13-18,22-30H2,1-12H3,(H,70,91)(H,71,92)(H,72,93)(H,73,94)(H,74,95)(H,75,96)(H,76,97)(H,77,98)(H,78,99)/t46-,47-,48-,55-,56-,57-,58+,59+,60+,61+,62+,63+,67+,68+,69+/m1/s1. The lowest BCUT2D eigenvalue weighted by atomic mass is 9.98. The summed E-state index contributed by atoms with van der Waals surface area (Å²) >= 11 is 0. The molecule has 4 rings (SSSR count). The topological polar surface area (TPSA) is 633 Å². The van der Waals surface area contributed by atoms with Crippen molar-refractivity contribution in [2.24, 2.45) is 0 Å². The van der Waals surface area contributed by atoms with E-state index < -0.39 is 313 Å². The van der Waals surface area contributed by atoms with Crippen molar-refractivity contribution in [2.75, 3.05) is 98.5 Å². The first-order chi connectivity index (χ1) is 55.1. The van der Waals surface area contributed by atoms with E-state index in [2.05, 4.69) is 47.9 Å². The summed E-state index contributed by atoms with van der Waals surface area (Å²) in [5.41, 5.74) is -1.48. The molecule has 3 heterocycles. The molecule has 0 spiro atoms. The van der Waals surface area contributed by atoms with Crippen LogP contribution < -0.4 is 47.9 Å². The summed E-state index contributed by atoms with van der Waals surface area (Å²) in [4.78, 5) is 263. The van der Waals surface area contributed by atoms with Crippen molar-refractivity contribution in [1.29, 1.82) is 0 Å². The van der Waals surface area contributed by atoms with Gasteiger partial charge in [0.15, 0.2) is 73.8 Å². The molecule has 0 aliphatic carbocycles. The largest absolute Gasteiger partial charge is 0.463 e. The summed E-state index contributed by atoms with van der Waals surface area (Å²) in [7, 11) is 0. The lowest BCUT2D eigenvalue weighted by Gasteiger charge is -2.44. The molecule has 3 saturated heterocycles. The third kappa shape index (κ3) is 35.6. The van der Waals surface area contributed by atoms with Crippen LogP contribution in [0.25, 0.3) is 0 Å². The molecule has 0 bridgehead atoms. The maximum Gasteiger partial charge on any atom is 0.303 e. The molecule has 48 nitrogen and oxygen atoms in total. The molecule has 1 aromatic carbocycles. The number of amides is 9. The van der Waals surface area contributed by atoms with E-state index in [1.165, 1.54) is 0 Å². The van der Waals surface area contributed by atoms with Gasteiger partial charge >= 0.3 is 71.6 Å². The van der Waals surface area contributed by atoms with E-state index in [0.717, 1.165) is 101 Å². The fraction of sp³-hybridized carbons (Fsp3) is 0.609. The van der Waals surface area contributed by atoms with E-state index in [9.17, 15) is 101 Å². The zero-order chi connectivity index (χ0) is 87.3. The van der Waals surface area contributed by atoms with Crippen LogP contribution in [0.5, 0.6) is 0 Å². The van der Waals surface area contributed by atoms with Gasteiger partial charge < -0.3 is 133 Å². The van der Waals surface area contributed by atoms with Gasteiger partial charge in [-0.15, -0.1) is 0 Å². The monoisotopic (exact) mass is 1670 g/mol. The summed E-state index contributed by atoms with van der Waals surface area (Å²) in [5.74, 6) is -19.2. The van der Waals surface area contributed by atoms with Gasteiger partial charge in [-0.25, -0.2) is 0 Å². The molecule has 48 heteroatoms. The van der Waals surface area contributed by atoms with Crippen LogP contribution in [0, 0.1) is 0 Å². The average molecular weight is 1670 g/mol. The molecular formula is C69H93N9O39. The van der Waals surface area contributed by atoms with Gasteiger partial charge in [0.2, 0.25) is 35.4 Å². The van der Waals surface area contributed by atoms with Crippen LogP contribution in [0.15, 0.2) is 18.2 Å². The number of esters is 12. The Bertz CT molecular complexity index is 3410. The minimum absolute atomic E-state index is 0.325. The predicted molar refractivity (Wildman–Crippen MR) is 375 cm³/mol. The molecule has 117 heavy (non-hydrogen) atoms. The van der Waals surface area contributed by atoms with E-state index in [0.29, 0.717) is 0 Å². The molecule has 0 unspecified atom stereocenters. The van der Waals surface area contributed by atoms with Crippen molar-refractivity contribution in [1.82, 2.24) is 47.9 Å². The molecular weight excluding hydrogens is 1580 g/mol. The molecule has 0 saturated carbocycles. The number of carbonyl (C=O) groups is 21. The van der Waals surface area contributed by atoms with E-state index in [4.69, 9.17) is 85.3 Å². The van der Waals surface area contributed by atoms with Crippen LogP contribution in [-0.4, -0.2) is 315 Å². The fourth-order valence-corrected chi connectivity index (χ4v) is 10.8. The molecule has 9 amide bonds. The minimum Gasteiger partial charge on any atom is -0.463 e. The van der Waals surface area contributed by atoms with Gasteiger partial charge in [0.1, 0.15) is 38.1 Å². The second-order valence-electron chi connectivity index (χ2n) is 25.0. The van der Waals surface area contributed by atoms with Crippen LogP contribution in [0.4, 0.5) is 0 Å². The lowest BCUT2D eigenvalue weighted by Crippen LogP contribution is -2.63. The highest BCUT2D eigenvalue weighted by Gasteiger charge is 2.56. The number of rotatable bonds is 42. The van der Waals surface area contributed by atoms with Gasteiger partial charge in [0.05, 0.1) is 59.1 Å². The minimum atomic E-state index is -1.59. The number of nitrogens with one attached hydrogen (secondary N) is 9. The molecule has 1 aromatic rings. The maximum atomic E-state index is 13.7. The molecule has 3 aliphatic rings. The van der Waals surface area contributed by atoms with Crippen LogP contribution in [0.2, 0.25) is 0 Å². The molecule has 9 N–H and O–H groups in total. The normalized spacial score (nSPS) is 22.3. The van der Waals surface area contributed by atoms with Gasteiger partial charge in [-0.1, -0.05) is 0 Å². The van der Waals surface area contributed by atoms with Gasteiger partial charge in [0.25, 0.3) is 17.7 Å². The van der Waals surface area contributed by atoms with E-state index in [1.807, 2.05) is 0 Å². The average Bonchev–Trinajstić information content (AvgIpc) is 0.795. The van der Waals surface area contributed by atoms with E-state index in [-0.39, 0.29) is 19.6 Å². The summed E-state index contributed by atoms with van der Waals surface area (Å²) in [5, 5.41) is 20.7. The summed E-state index contributed by atoms with van der Waals surface area (Å²) in [6.07, 6.45) is -22.7. The highest BCUT2D eigenvalue weighted by atomic mass is 16.8. The van der Waals surface area contributed by atoms with Crippen LogP contribution in [0.3, 0.4) is 0 Å². The van der Waals surface area contributed by atoms with Crippen LogP contribution in [-0.2, 0) is 172 Å². The van der Waals surface area contributed by atoms with Crippen molar-refractivity contribution in [3.63, 3.8) is 0 Å². The summed E-state index contributed by atoms with van der Waals surface area (Å²) < 4.78 is 97.9. The van der Waals surface area contributed by atoms with E-state index >= 15 is 0 Å². The first-order valence-corrected chi connectivity index (χ1v) is 35.5. The van der Waals surface area contributed by atoms with Gasteiger partial charge in [-0.05, 0) is 18.2 Å². The highest BCUT2D eigenvalue weighted by Crippen LogP contribution is 2.33. The Morgan fingerprint density at radius 2 is 0.436 bits per heavy atom. The molecule has 15 atom stereocenters. The van der Waals surface area contributed by atoms with Gasteiger partial charge in [-0.2, -0.15) is 0 Å². The zero-order valence-electron chi connectivity index (χ0n) is 65.4. The number of hydrogen-bond acceptors (Lipinski definition) is 39. The maximum absolute atomic E-state index is 13.7. The van der Waals surface area contributed by atoms with Gasteiger partial charge in [-0.3, -0.25) is 101 Å². The number of hydrogen-bond donors (Lipinski definition) is 9. The molecule has 3 aliphatic heterocycles. The molecule has 0 radical (unpaired) electrons. The van der Waals surface area contributed by atoms with Crippen molar-refractivity contribution < 1.29 is 186 Å². The quantitative estimate of drug-likeness (QED) is 0.0167. The molecule has 0 aromatic heterocycles. The first kappa shape index (κ1) is 97.2. The second kappa shape index (κ2) is 48.9. The van der Waals surface area contributed by atoms with Crippen molar-refractivity contribution in [2.45, 2.75) is 175 Å². The van der Waals surface area contributed by atoms with Gasteiger partial charge in [0, 0.05) is 119 Å².